The minimum Gasteiger partial charge on any atom is -0.352 e. The van der Waals surface area contributed by atoms with Crippen LogP contribution in [0.4, 0.5) is 10.2 Å². The Morgan fingerprint density at radius 2 is 2.17 bits per heavy atom. The number of aromatic nitrogens is 1. The van der Waals surface area contributed by atoms with Gasteiger partial charge in [-0.3, -0.25) is 0 Å². The first kappa shape index (κ1) is 11.9. The van der Waals surface area contributed by atoms with Crippen molar-refractivity contribution in [2.75, 3.05) is 18.0 Å². The lowest BCUT2D eigenvalue weighted by Gasteiger charge is -2.40. The van der Waals surface area contributed by atoms with Gasteiger partial charge in [0.15, 0.2) is 0 Å². The lowest BCUT2D eigenvalue weighted by Crippen LogP contribution is -2.50. The van der Waals surface area contributed by atoms with E-state index in [1.807, 2.05) is 6.07 Å². The van der Waals surface area contributed by atoms with E-state index in [-0.39, 0.29) is 5.82 Å². The quantitative estimate of drug-likeness (QED) is 0.872. The van der Waals surface area contributed by atoms with Crippen LogP contribution in [-0.4, -0.2) is 30.2 Å². The topological polar surface area (TPSA) is 28.2 Å². The van der Waals surface area contributed by atoms with Crippen LogP contribution >= 0.6 is 0 Å². The molecule has 2 saturated heterocycles. The van der Waals surface area contributed by atoms with Gasteiger partial charge in [-0.05, 0) is 50.8 Å². The second-order valence-electron chi connectivity index (χ2n) is 5.29. The highest BCUT2D eigenvalue weighted by atomic mass is 19.1. The van der Waals surface area contributed by atoms with Gasteiger partial charge in [0.05, 0.1) is 6.20 Å². The van der Waals surface area contributed by atoms with Gasteiger partial charge in [-0.25, -0.2) is 9.37 Å². The summed E-state index contributed by atoms with van der Waals surface area (Å²) in [4.78, 5) is 6.61. The van der Waals surface area contributed by atoms with Crippen LogP contribution in [0.15, 0.2) is 18.3 Å². The molecule has 2 aliphatic heterocycles. The average Bonchev–Trinajstić information content (AvgIpc) is 2.93. The van der Waals surface area contributed by atoms with Gasteiger partial charge in [0.1, 0.15) is 11.6 Å². The van der Waals surface area contributed by atoms with Crippen molar-refractivity contribution in [2.24, 2.45) is 0 Å². The van der Waals surface area contributed by atoms with Crippen LogP contribution in [0.25, 0.3) is 0 Å². The molecule has 0 radical (unpaired) electrons. The lowest BCUT2D eigenvalue weighted by molar-refractivity contribution is 0.376. The molecular weight excluding hydrogens is 229 g/mol. The van der Waals surface area contributed by atoms with Gasteiger partial charge in [-0.2, -0.15) is 0 Å². The minimum absolute atomic E-state index is 0.258. The van der Waals surface area contributed by atoms with E-state index in [0.29, 0.717) is 12.1 Å². The van der Waals surface area contributed by atoms with E-state index in [0.717, 1.165) is 18.9 Å². The van der Waals surface area contributed by atoms with Crippen LogP contribution in [0, 0.1) is 5.82 Å². The second-order valence-corrected chi connectivity index (χ2v) is 5.29. The summed E-state index contributed by atoms with van der Waals surface area (Å²) in [6, 6.07) is 4.43. The second kappa shape index (κ2) is 5.22. The number of halogens is 1. The Hall–Kier alpha value is -1.16. The summed E-state index contributed by atoms with van der Waals surface area (Å²) in [6.07, 6.45) is 7.57. The molecule has 2 aliphatic rings. The molecular formula is C14H20FN3. The molecule has 2 fully saturated rings. The van der Waals surface area contributed by atoms with Crippen molar-refractivity contribution < 1.29 is 4.39 Å². The summed E-state index contributed by atoms with van der Waals surface area (Å²) in [5.41, 5.74) is 0. The van der Waals surface area contributed by atoms with E-state index >= 15 is 0 Å². The summed E-state index contributed by atoms with van der Waals surface area (Å²) in [7, 11) is 0. The predicted molar refractivity (Wildman–Crippen MR) is 70.2 cm³/mol. The molecule has 98 valence electrons. The fourth-order valence-corrected chi connectivity index (χ4v) is 3.24. The van der Waals surface area contributed by atoms with E-state index in [1.165, 1.54) is 44.4 Å². The fraction of sp³-hybridized carbons (Fsp3) is 0.643. The van der Waals surface area contributed by atoms with Crippen molar-refractivity contribution in [3.05, 3.63) is 24.1 Å². The van der Waals surface area contributed by atoms with E-state index in [1.54, 1.807) is 0 Å². The highest BCUT2D eigenvalue weighted by Crippen LogP contribution is 2.27. The van der Waals surface area contributed by atoms with Crippen LogP contribution in [0.5, 0.6) is 0 Å². The normalized spacial score (nSPS) is 28.6. The van der Waals surface area contributed by atoms with Gasteiger partial charge in [-0.1, -0.05) is 0 Å². The molecule has 0 aromatic carbocycles. The third kappa shape index (κ3) is 2.34. The Morgan fingerprint density at radius 1 is 1.22 bits per heavy atom. The number of pyridine rings is 1. The average molecular weight is 249 g/mol. The van der Waals surface area contributed by atoms with Crippen molar-refractivity contribution in [2.45, 2.75) is 44.2 Å². The van der Waals surface area contributed by atoms with Gasteiger partial charge >= 0.3 is 0 Å². The first-order valence-electron chi connectivity index (χ1n) is 6.96. The Labute approximate surface area is 107 Å². The molecule has 1 N–H and O–H groups in total. The summed E-state index contributed by atoms with van der Waals surface area (Å²) in [6.45, 7) is 2.17. The van der Waals surface area contributed by atoms with Gasteiger partial charge in [0.2, 0.25) is 0 Å². The molecule has 3 heterocycles. The molecule has 4 heteroatoms. The number of nitrogens with zero attached hydrogens (tertiary/aromatic N) is 2. The molecule has 0 saturated carbocycles. The maximum atomic E-state index is 13.0. The number of piperidine rings is 1. The fourth-order valence-electron chi connectivity index (χ4n) is 3.24. The zero-order valence-corrected chi connectivity index (χ0v) is 10.6. The largest absolute Gasteiger partial charge is 0.352 e. The van der Waals surface area contributed by atoms with Gasteiger partial charge in [0.25, 0.3) is 0 Å². The Morgan fingerprint density at radius 3 is 2.89 bits per heavy atom. The third-order valence-electron chi connectivity index (χ3n) is 4.12. The maximum Gasteiger partial charge on any atom is 0.141 e. The Kier molecular flexibility index (Phi) is 3.46. The minimum atomic E-state index is -0.258. The van der Waals surface area contributed by atoms with Crippen molar-refractivity contribution in [1.29, 1.82) is 0 Å². The Bertz CT molecular complexity index is 387. The molecule has 0 bridgehead atoms. The number of rotatable bonds is 2. The first-order chi connectivity index (χ1) is 8.84. The van der Waals surface area contributed by atoms with Crippen LogP contribution < -0.4 is 10.2 Å². The van der Waals surface area contributed by atoms with Crippen molar-refractivity contribution in [1.82, 2.24) is 10.3 Å². The lowest BCUT2D eigenvalue weighted by atomic mass is 9.94. The molecule has 3 rings (SSSR count). The highest BCUT2D eigenvalue weighted by Gasteiger charge is 2.32. The molecule has 18 heavy (non-hydrogen) atoms. The smallest absolute Gasteiger partial charge is 0.141 e. The molecule has 2 atom stereocenters. The molecule has 1 aromatic heterocycles. The summed E-state index contributed by atoms with van der Waals surface area (Å²) >= 11 is 0. The van der Waals surface area contributed by atoms with Crippen LogP contribution in [-0.2, 0) is 0 Å². The summed E-state index contributed by atoms with van der Waals surface area (Å²) in [5, 5.41) is 3.59. The van der Waals surface area contributed by atoms with Crippen LogP contribution in [0.3, 0.4) is 0 Å². The Balaban J connectivity index is 1.80. The molecule has 3 nitrogen and oxygen atoms in total. The first-order valence-corrected chi connectivity index (χ1v) is 6.96. The monoisotopic (exact) mass is 249 g/mol. The van der Waals surface area contributed by atoms with E-state index in [9.17, 15) is 4.39 Å². The maximum absolute atomic E-state index is 13.0. The van der Waals surface area contributed by atoms with Crippen molar-refractivity contribution in [3.8, 4) is 0 Å². The number of anilines is 1. The summed E-state index contributed by atoms with van der Waals surface area (Å²) < 4.78 is 13.0. The molecule has 0 aliphatic carbocycles. The van der Waals surface area contributed by atoms with E-state index in [2.05, 4.69) is 15.2 Å². The third-order valence-corrected chi connectivity index (χ3v) is 4.12. The van der Waals surface area contributed by atoms with Crippen LogP contribution in [0.2, 0.25) is 0 Å². The highest BCUT2D eigenvalue weighted by molar-refractivity contribution is 5.40. The number of hydrogen-bond acceptors (Lipinski definition) is 3. The number of nitrogens with one attached hydrogen (secondary N) is 1. The molecule has 1 aromatic rings. The van der Waals surface area contributed by atoms with E-state index < -0.39 is 0 Å². The SMILES string of the molecule is Fc1ccc(N2CCCCC2C2CCCN2)nc1. The summed E-state index contributed by atoms with van der Waals surface area (Å²) in [5.74, 6) is 0.668. The predicted octanol–water partition coefficient (Wildman–Crippen LogP) is 2.33. The van der Waals surface area contributed by atoms with Crippen molar-refractivity contribution in [3.63, 3.8) is 0 Å². The van der Waals surface area contributed by atoms with Gasteiger partial charge in [-0.15, -0.1) is 0 Å². The zero-order chi connectivity index (χ0) is 12.4. The van der Waals surface area contributed by atoms with Gasteiger partial charge < -0.3 is 10.2 Å². The van der Waals surface area contributed by atoms with Gasteiger partial charge in [0, 0.05) is 18.6 Å². The molecule has 0 amide bonds. The molecule has 2 unspecified atom stereocenters. The standard InChI is InChI=1S/C14H20FN3/c15-11-6-7-14(17-10-11)18-9-2-1-5-13(18)12-4-3-8-16-12/h6-7,10,12-13,16H,1-5,8-9H2. The van der Waals surface area contributed by atoms with E-state index in [4.69, 9.17) is 0 Å². The molecule has 0 spiro atoms. The van der Waals surface area contributed by atoms with Crippen molar-refractivity contribution >= 4 is 5.82 Å². The number of hydrogen-bond donors (Lipinski definition) is 1. The van der Waals surface area contributed by atoms with Crippen LogP contribution in [0.1, 0.15) is 32.1 Å². The zero-order valence-electron chi connectivity index (χ0n) is 10.6.